The number of carboxylic acid groups (broad SMARTS) is 1. The van der Waals surface area contributed by atoms with Crippen LogP contribution in [0.2, 0.25) is 0 Å². The van der Waals surface area contributed by atoms with E-state index in [2.05, 4.69) is 19.1 Å². The normalized spacial score (nSPS) is 9.50. The number of aryl methyl sites for hydroxylation is 1. The Kier molecular flexibility index (Phi) is 7.00. The van der Waals surface area contributed by atoms with Gasteiger partial charge in [-0.25, -0.2) is 9.18 Å². The molecule has 2 rings (SSSR count). The van der Waals surface area contributed by atoms with Crippen molar-refractivity contribution in [2.45, 2.75) is 13.5 Å². The maximum atomic E-state index is 12.4. The Morgan fingerprint density at radius 1 is 1.10 bits per heavy atom. The van der Waals surface area contributed by atoms with Crippen molar-refractivity contribution in [2.75, 3.05) is 6.61 Å². The van der Waals surface area contributed by atoms with E-state index in [0.29, 0.717) is 0 Å². The molecular formula is C16H17FO3. The van der Waals surface area contributed by atoms with Crippen molar-refractivity contribution in [3.8, 4) is 0 Å². The highest BCUT2D eigenvalue weighted by Gasteiger charge is 1.97. The first-order chi connectivity index (χ1) is 9.58. The van der Waals surface area contributed by atoms with Gasteiger partial charge in [0, 0.05) is 0 Å². The van der Waals surface area contributed by atoms with Gasteiger partial charge in [0.1, 0.15) is 12.4 Å². The summed E-state index contributed by atoms with van der Waals surface area (Å²) in [5.41, 5.74) is 2.07. The number of benzene rings is 2. The summed E-state index contributed by atoms with van der Waals surface area (Å²) in [7, 11) is 0. The molecule has 0 aliphatic heterocycles. The smallest absolute Gasteiger partial charge is 0.329 e. The number of hydrogen-bond donors (Lipinski definition) is 1. The van der Waals surface area contributed by atoms with Crippen LogP contribution in [0.5, 0.6) is 0 Å². The average molecular weight is 276 g/mol. The average Bonchev–Trinajstić information content (AvgIpc) is 2.42. The van der Waals surface area contributed by atoms with E-state index in [1.807, 2.05) is 18.2 Å². The van der Waals surface area contributed by atoms with Crippen LogP contribution in [0.15, 0.2) is 54.6 Å². The van der Waals surface area contributed by atoms with Crippen LogP contribution in [0.4, 0.5) is 4.39 Å². The molecule has 2 aromatic carbocycles. The second-order valence-corrected chi connectivity index (χ2v) is 4.17. The topological polar surface area (TPSA) is 46.5 Å². The zero-order chi connectivity index (χ0) is 14.8. The molecule has 1 N–H and O–H groups in total. The van der Waals surface area contributed by atoms with Crippen LogP contribution in [0.25, 0.3) is 0 Å². The lowest BCUT2D eigenvalue weighted by molar-refractivity contribution is -0.142. The zero-order valence-electron chi connectivity index (χ0n) is 11.3. The molecule has 0 heterocycles. The quantitative estimate of drug-likeness (QED) is 0.930. The predicted octanol–water partition coefficient (Wildman–Crippen LogP) is 3.42. The lowest BCUT2D eigenvalue weighted by Crippen LogP contribution is -2.06. The number of carboxylic acids is 1. The summed E-state index contributed by atoms with van der Waals surface area (Å²) in [6, 6.07) is 16.0. The van der Waals surface area contributed by atoms with E-state index in [4.69, 9.17) is 9.84 Å². The van der Waals surface area contributed by atoms with Crippen LogP contribution in [0.1, 0.15) is 11.1 Å². The molecule has 0 aromatic heterocycles. The van der Waals surface area contributed by atoms with Gasteiger partial charge >= 0.3 is 5.97 Å². The summed E-state index contributed by atoms with van der Waals surface area (Å²) < 4.78 is 17.2. The van der Waals surface area contributed by atoms with Crippen LogP contribution in [-0.4, -0.2) is 17.7 Å². The van der Waals surface area contributed by atoms with Crippen molar-refractivity contribution >= 4 is 5.97 Å². The first-order valence-electron chi connectivity index (χ1n) is 6.13. The lowest BCUT2D eigenvalue weighted by atomic mass is 10.2. The maximum absolute atomic E-state index is 12.4. The molecule has 106 valence electrons. The van der Waals surface area contributed by atoms with Gasteiger partial charge in [-0.2, -0.15) is 0 Å². The standard InChI is InChI=1S/C9H9FO3.C7H8/c10-8-3-1-7(2-4-8)5-13-6-9(11)12;1-7-5-3-2-4-6-7/h1-4H,5-6H2,(H,11,12);2-6H,1H3. The van der Waals surface area contributed by atoms with Gasteiger partial charge < -0.3 is 9.84 Å². The number of ether oxygens (including phenoxy) is 1. The highest BCUT2D eigenvalue weighted by molar-refractivity contribution is 5.67. The Balaban J connectivity index is 0.000000240. The first-order valence-corrected chi connectivity index (χ1v) is 6.13. The largest absolute Gasteiger partial charge is 0.480 e. The highest BCUT2D eigenvalue weighted by atomic mass is 19.1. The zero-order valence-corrected chi connectivity index (χ0v) is 11.3. The van der Waals surface area contributed by atoms with Crippen LogP contribution in [0.3, 0.4) is 0 Å². The van der Waals surface area contributed by atoms with Gasteiger partial charge in [-0.1, -0.05) is 48.0 Å². The fourth-order valence-corrected chi connectivity index (χ4v) is 1.37. The minimum absolute atomic E-state index is 0.187. The van der Waals surface area contributed by atoms with Gasteiger partial charge in [0.15, 0.2) is 0 Å². The number of carbonyl (C=O) groups is 1. The van der Waals surface area contributed by atoms with Crippen molar-refractivity contribution in [3.63, 3.8) is 0 Å². The highest BCUT2D eigenvalue weighted by Crippen LogP contribution is 2.03. The fourth-order valence-electron chi connectivity index (χ4n) is 1.37. The minimum atomic E-state index is -1.01. The third-order valence-corrected chi connectivity index (χ3v) is 2.35. The third kappa shape index (κ3) is 7.28. The summed E-state index contributed by atoms with van der Waals surface area (Å²) in [4.78, 5) is 10.1. The predicted molar refractivity (Wildman–Crippen MR) is 74.9 cm³/mol. The minimum Gasteiger partial charge on any atom is -0.480 e. The Bertz CT molecular complexity index is 509. The van der Waals surface area contributed by atoms with Crippen LogP contribution >= 0.6 is 0 Å². The van der Waals surface area contributed by atoms with E-state index in [1.165, 1.54) is 17.7 Å². The summed E-state index contributed by atoms with van der Waals surface area (Å²) in [6.07, 6.45) is 0. The fraction of sp³-hybridized carbons (Fsp3) is 0.188. The second-order valence-electron chi connectivity index (χ2n) is 4.17. The second kappa shape index (κ2) is 8.82. The van der Waals surface area contributed by atoms with Crippen LogP contribution in [0, 0.1) is 12.7 Å². The molecule has 0 bridgehead atoms. The lowest BCUT2D eigenvalue weighted by Gasteiger charge is -2.00. The van der Waals surface area contributed by atoms with Crippen molar-refractivity contribution < 1.29 is 19.0 Å². The molecule has 0 saturated heterocycles. The monoisotopic (exact) mass is 276 g/mol. The van der Waals surface area contributed by atoms with Gasteiger partial charge in [-0.3, -0.25) is 0 Å². The molecule has 0 amide bonds. The summed E-state index contributed by atoms with van der Waals surface area (Å²) >= 11 is 0. The van der Waals surface area contributed by atoms with E-state index in [0.717, 1.165) is 5.56 Å². The molecule has 0 aliphatic rings. The molecule has 0 radical (unpaired) electrons. The number of hydrogen-bond acceptors (Lipinski definition) is 2. The maximum Gasteiger partial charge on any atom is 0.329 e. The van der Waals surface area contributed by atoms with E-state index < -0.39 is 5.97 Å². The van der Waals surface area contributed by atoms with Crippen molar-refractivity contribution in [2.24, 2.45) is 0 Å². The number of halogens is 1. The Labute approximate surface area is 117 Å². The van der Waals surface area contributed by atoms with Crippen molar-refractivity contribution in [1.82, 2.24) is 0 Å². The van der Waals surface area contributed by atoms with Gasteiger partial charge in [-0.15, -0.1) is 0 Å². The molecule has 0 aliphatic carbocycles. The summed E-state index contributed by atoms with van der Waals surface area (Å²) in [6.45, 7) is 1.93. The molecule has 0 atom stereocenters. The summed E-state index contributed by atoms with van der Waals surface area (Å²) in [5.74, 6) is -1.33. The Morgan fingerprint density at radius 3 is 2.15 bits per heavy atom. The van der Waals surface area contributed by atoms with Gasteiger partial charge in [-0.05, 0) is 24.6 Å². The third-order valence-electron chi connectivity index (χ3n) is 2.35. The first kappa shape index (κ1) is 15.9. The van der Waals surface area contributed by atoms with Crippen LogP contribution < -0.4 is 0 Å². The van der Waals surface area contributed by atoms with Gasteiger partial charge in [0.05, 0.1) is 6.61 Å². The van der Waals surface area contributed by atoms with E-state index in [9.17, 15) is 9.18 Å². The SMILES string of the molecule is Cc1ccccc1.O=C(O)COCc1ccc(F)cc1. The van der Waals surface area contributed by atoms with Gasteiger partial charge in [0.2, 0.25) is 0 Å². The Hall–Kier alpha value is -2.20. The molecule has 3 nitrogen and oxygen atoms in total. The molecule has 4 heteroatoms. The van der Waals surface area contributed by atoms with Crippen molar-refractivity contribution in [1.29, 1.82) is 0 Å². The molecule has 0 spiro atoms. The van der Waals surface area contributed by atoms with Crippen molar-refractivity contribution in [3.05, 3.63) is 71.5 Å². The Morgan fingerprint density at radius 2 is 1.70 bits per heavy atom. The molecular weight excluding hydrogens is 259 g/mol. The number of rotatable bonds is 4. The van der Waals surface area contributed by atoms with E-state index in [1.54, 1.807) is 12.1 Å². The van der Waals surface area contributed by atoms with Gasteiger partial charge in [0.25, 0.3) is 0 Å². The molecule has 0 saturated carbocycles. The van der Waals surface area contributed by atoms with E-state index >= 15 is 0 Å². The number of aliphatic carboxylic acids is 1. The van der Waals surface area contributed by atoms with E-state index in [-0.39, 0.29) is 19.0 Å². The van der Waals surface area contributed by atoms with Crippen LogP contribution in [-0.2, 0) is 16.1 Å². The summed E-state index contributed by atoms with van der Waals surface area (Å²) in [5, 5.41) is 8.25. The molecule has 2 aromatic rings. The molecule has 0 fully saturated rings. The molecule has 0 unspecified atom stereocenters. The molecule has 20 heavy (non-hydrogen) atoms.